The molecule has 0 unspecified atom stereocenters. The van der Waals surface area contributed by atoms with Crippen LogP contribution in [0.25, 0.3) is 11.8 Å². The Morgan fingerprint density at radius 3 is 2.42 bits per heavy atom. The maximum atomic E-state index is 14.0. The minimum absolute atomic E-state index is 0.136. The van der Waals surface area contributed by atoms with Gasteiger partial charge in [0.15, 0.2) is 4.80 Å². The number of aromatic nitrogens is 1. The van der Waals surface area contributed by atoms with Crippen molar-refractivity contribution in [1.82, 2.24) is 4.57 Å². The number of esters is 1. The van der Waals surface area contributed by atoms with Crippen molar-refractivity contribution in [2.75, 3.05) is 6.61 Å². The van der Waals surface area contributed by atoms with Crippen molar-refractivity contribution in [3.05, 3.63) is 160 Å². The molecule has 45 heavy (non-hydrogen) atoms. The predicted molar refractivity (Wildman–Crippen MR) is 175 cm³/mol. The predicted octanol–water partition coefficient (Wildman–Crippen LogP) is 6.96. The van der Waals surface area contributed by atoms with Crippen LogP contribution in [0.4, 0.5) is 4.39 Å². The Balaban J connectivity index is 1.42. The Kier molecular flexibility index (Phi) is 8.98. The van der Waals surface area contributed by atoms with Crippen molar-refractivity contribution in [1.29, 1.82) is 0 Å². The Labute approximate surface area is 271 Å². The molecule has 0 saturated heterocycles. The summed E-state index contributed by atoms with van der Waals surface area (Å²) in [7, 11) is 0. The van der Waals surface area contributed by atoms with Crippen LogP contribution in [0.15, 0.2) is 112 Å². The molecule has 1 aliphatic heterocycles. The first kappa shape index (κ1) is 30.5. The van der Waals surface area contributed by atoms with E-state index in [0.717, 1.165) is 11.1 Å². The standard InChI is InChI=1S/C35H25Cl2FN2O4S/c1-2-43-34(42)30-31(22-6-4-3-5-7-22)39-35-40(32(30)23-11-14-26(38)15-12-23)33(41)29(45-35)18-21-8-16-27(17-9-21)44-20-24-10-13-25(36)19-28(24)37/h3-19,32H,2,20H2,1H3/b29-18-/t32-/m0/s1. The summed E-state index contributed by atoms with van der Waals surface area (Å²) in [5, 5.41) is 1.07. The summed E-state index contributed by atoms with van der Waals surface area (Å²) in [6, 6.07) is 26.7. The Bertz CT molecular complexity index is 2090. The summed E-state index contributed by atoms with van der Waals surface area (Å²) in [6.07, 6.45) is 1.77. The number of benzene rings is 4. The van der Waals surface area contributed by atoms with Gasteiger partial charge in [0.05, 0.1) is 28.5 Å². The van der Waals surface area contributed by atoms with E-state index in [-0.39, 0.29) is 24.3 Å². The van der Waals surface area contributed by atoms with Crippen LogP contribution < -0.4 is 19.6 Å². The first-order valence-electron chi connectivity index (χ1n) is 14.0. The summed E-state index contributed by atoms with van der Waals surface area (Å²) in [5.41, 5.74) is 3.09. The van der Waals surface area contributed by atoms with E-state index in [4.69, 9.17) is 37.7 Å². The molecule has 0 saturated carbocycles. The van der Waals surface area contributed by atoms with Gasteiger partial charge in [0.2, 0.25) is 0 Å². The highest BCUT2D eigenvalue weighted by Gasteiger charge is 2.35. The van der Waals surface area contributed by atoms with Crippen molar-refractivity contribution < 1.29 is 18.7 Å². The van der Waals surface area contributed by atoms with Gasteiger partial charge in [0.25, 0.3) is 5.56 Å². The molecule has 0 spiro atoms. The summed E-state index contributed by atoms with van der Waals surface area (Å²) < 4.78 is 27.2. The number of hydrogen-bond acceptors (Lipinski definition) is 6. The lowest BCUT2D eigenvalue weighted by molar-refractivity contribution is -0.138. The third kappa shape index (κ3) is 6.49. The largest absolute Gasteiger partial charge is 0.489 e. The van der Waals surface area contributed by atoms with E-state index in [1.54, 1.807) is 49.4 Å². The zero-order chi connectivity index (χ0) is 31.5. The first-order chi connectivity index (χ1) is 21.8. The van der Waals surface area contributed by atoms with Crippen molar-refractivity contribution >= 4 is 52.3 Å². The third-order valence-electron chi connectivity index (χ3n) is 7.15. The average molecular weight is 660 g/mol. The van der Waals surface area contributed by atoms with Crippen molar-refractivity contribution in [3.8, 4) is 5.75 Å². The Hall–Kier alpha value is -4.50. The summed E-state index contributed by atoms with van der Waals surface area (Å²) >= 11 is 13.4. The molecule has 2 heterocycles. The second-order valence-electron chi connectivity index (χ2n) is 10.1. The lowest BCUT2D eigenvalue weighted by atomic mass is 9.93. The quantitative estimate of drug-likeness (QED) is 0.169. The van der Waals surface area contributed by atoms with Crippen LogP contribution in [0.1, 0.15) is 35.2 Å². The Morgan fingerprint density at radius 2 is 1.73 bits per heavy atom. The van der Waals surface area contributed by atoms with Crippen molar-refractivity contribution in [2.24, 2.45) is 4.99 Å². The summed E-state index contributed by atoms with van der Waals surface area (Å²) in [4.78, 5) is 32.7. The van der Waals surface area contributed by atoms with Crippen LogP contribution in [-0.4, -0.2) is 17.1 Å². The molecular formula is C35H25Cl2FN2O4S. The van der Waals surface area contributed by atoms with Gasteiger partial charge in [0.1, 0.15) is 18.2 Å². The number of ether oxygens (including phenoxy) is 2. The minimum atomic E-state index is -0.881. The summed E-state index contributed by atoms with van der Waals surface area (Å²) in [6.45, 7) is 2.12. The van der Waals surface area contributed by atoms with Gasteiger partial charge in [-0.15, -0.1) is 0 Å². The second kappa shape index (κ2) is 13.2. The zero-order valence-corrected chi connectivity index (χ0v) is 26.2. The molecule has 6 nitrogen and oxygen atoms in total. The molecule has 1 aromatic heterocycles. The van der Waals surface area contributed by atoms with Crippen molar-refractivity contribution in [3.63, 3.8) is 0 Å². The lowest BCUT2D eigenvalue weighted by Gasteiger charge is -2.25. The number of fused-ring (bicyclic) bond motifs is 1. The van der Waals surface area contributed by atoms with E-state index in [2.05, 4.69) is 0 Å². The molecule has 0 aliphatic carbocycles. The molecule has 1 atom stereocenters. The molecule has 6 rings (SSSR count). The van der Waals surface area contributed by atoms with Crippen LogP contribution in [0.2, 0.25) is 10.0 Å². The average Bonchev–Trinajstić information content (AvgIpc) is 3.35. The Morgan fingerprint density at radius 1 is 1.00 bits per heavy atom. The first-order valence-corrected chi connectivity index (χ1v) is 15.6. The van der Waals surface area contributed by atoms with Gasteiger partial charge in [-0.3, -0.25) is 9.36 Å². The maximum Gasteiger partial charge on any atom is 0.338 e. The zero-order valence-electron chi connectivity index (χ0n) is 23.9. The van der Waals surface area contributed by atoms with E-state index in [0.29, 0.717) is 42.0 Å². The van der Waals surface area contributed by atoms with E-state index in [1.807, 2.05) is 48.5 Å². The molecule has 0 amide bonds. The number of hydrogen-bond donors (Lipinski definition) is 0. The third-order valence-corrected chi connectivity index (χ3v) is 8.72. The molecule has 0 N–H and O–H groups in total. The van der Waals surface area contributed by atoms with Gasteiger partial charge in [-0.2, -0.15) is 0 Å². The fourth-order valence-electron chi connectivity index (χ4n) is 5.01. The number of carbonyl (C=O) groups excluding carboxylic acids is 1. The molecule has 0 bridgehead atoms. The van der Waals surface area contributed by atoms with E-state index in [1.165, 1.54) is 28.0 Å². The molecule has 0 fully saturated rings. The van der Waals surface area contributed by atoms with Crippen LogP contribution in [0, 0.1) is 5.82 Å². The number of halogens is 3. The molecule has 1 aliphatic rings. The summed E-state index contributed by atoms with van der Waals surface area (Å²) in [5.74, 6) is -0.401. The highest BCUT2D eigenvalue weighted by Crippen LogP contribution is 2.35. The molecule has 226 valence electrons. The van der Waals surface area contributed by atoms with Crippen LogP contribution in [0.5, 0.6) is 5.75 Å². The van der Waals surface area contributed by atoms with E-state index < -0.39 is 17.8 Å². The minimum Gasteiger partial charge on any atom is -0.489 e. The van der Waals surface area contributed by atoms with Crippen LogP contribution in [0.3, 0.4) is 0 Å². The van der Waals surface area contributed by atoms with Crippen LogP contribution >= 0.6 is 34.5 Å². The highest BCUT2D eigenvalue weighted by molar-refractivity contribution is 7.07. The van der Waals surface area contributed by atoms with Gasteiger partial charge >= 0.3 is 5.97 Å². The molecule has 5 aromatic rings. The number of rotatable bonds is 8. The molecule has 0 radical (unpaired) electrons. The number of nitrogens with zero attached hydrogens (tertiary/aromatic N) is 2. The van der Waals surface area contributed by atoms with Gasteiger partial charge in [-0.1, -0.05) is 95.2 Å². The molecule has 10 heteroatoms. The van der Waals surface area contributed by atoms with E-state index in [9.17, 15) is 14.0 Å². The second-order valence-corrected chi connectivity index (χ2v) is 11.9. The number of thiazole rings is 1. The van der Waals surface area contributed by atoms with Crippen molar-refractivity contribution in [2.45, 2.75) is 19.6 Å². The van der Waals surface area contributed by atoms with Crippen LogP contribution in [-0.2, 0) is 16.1 Å². The monoisotopic (exact) mass is 658 g/mol. The molecule has 4 aromatic carbocycles. The van der Waals surface area contributed by atoms with Gasteiger partial charge < -0.3 is 9.47 Å². The SMILES string of the molecule is CCOC(=O)C1=C(c2ccccc2)N=c2s/c(=C\c3ccc(OCc4ccc(Cl)cc4Cl)cc3)c(=O)n2[C@H]1c1ccc(F)cc1. The van der Waals surface area contributed by atoms with Gasteiger partial charge in [-0.05, 0) is 60.5 Å². The van der Waals surface area contributed by atoms with Gasteiger partial charge in [0, 0.05) is 21.2 Å². The molecular weight excluding hydrogens is 634 g/mol. The number of carbonyl (C=O) groups is 1. The fourth-order valence-corrected chi connectivity index (χ4v) is 6.48. The topological polar surface area (TPSA) is 69.9 Å². The van der Waals surface area contributed by atoms with Gasteiger partial charge in [-0.25, -0.2) is 14.2 Å². The fraction of sp³-hybridized carbons (Fsp3) is 0.114. The smallest absolute Gasteiger partial charge is 0.338 e. The van der Waals surface area contributed by atoms with E-state index >= 15 is 0 Å². The highest BCUT2D eigenvalue weighted by atomic mass is 35.5. The normalized spacial score (nSPS) is 14.6. The lowest BCUT2D eigenvalue weighted by Crippen LogP contribution is -2.40. The maximum absolute atomic E-state index is 14.0.